The highest BCUT2D eigenvalue weighted by Gasteiger charge is 2.25. The highest BCUT2D eigenvalue weighted by molar-refractivity contribution is 5.99. The number of ketones is 1. The molecule has 2 rings (SSSR count). The standard InChI is InChI=1S/C22H32F2O3/c1-3-6-15-9-11-16(12-10-15)7-5-8-18(25)17-13-14-19(27-4-2)20(21(17)26)22(23)24/h13-16,22,26H,3-12H2,1-2H3. The summed E-state index contributed by atoms with van der Waals surface area (Å²) in [6.45, 7) is 4.13. The fraction of sp³-hybridized carbons (Fsp3) is 0.682. The van der Waals surface area contributed by atoms with E-state index in [1.807, 2.05) is 0 Å². The Morgan fingerprint density at radius 2 is 1.78 bits per heavy atom. The monoisotopic (exact) mass is 382 g/mol. The molecule has 1 aliphatic carbocycles. The summed E-state index contributed by atoms with van der Waals surface area (Å²) in [5.41, 5.74) is -0.614. The van der Waals surface area contributed by atoms with Crippen molar-refractivity contribution in [2.75, 3.05) is 6.61 Å². The van der Waals surface area contributed by atoms with E-state index in [0.29, 0.717) is 5.92 Å². The molecule has 27 heavy (non-hydrogen) atoms. The van der Waals surface area contributed by atoms with Gasteiger partial charge in [-0.1, -0.05) is 51.9 Å². The van der Waals surface area contributed by atoms with Gasteiger partial charge in [0, 0.05) is 6.42 Å². The predicted octanol–water partition coefficient (Wildman–Crippen LogP) is 6.69. The number of Topliss-reactive ketones (excluding diaryl/α,β-unsaturated/α-hetero) is 1. The van der Waals surface area contributed by atoms with E-state index in [1.165, 1.54) is 50.7 Å². The SMILES string of the molecule is CCCC1CCC(CCCC(=O)c2ccc(OCC)c(C(F)F)c2O)CC1. The van der Waals surface area contributed by atoms with Gasteiger partial charge < -0.3 is 9.84 Å². The number of halogens is 2. The number of carbonyl (C=O) groups excluding carboxylic acids is 1. The molecular weight excluding hydrogens is 350 g/mol. The Morgan fingerprint density at radius 3 is 2.33 bits per heavy atom. The van der Waals surface area contributed by atoms with Crippen LogP contribution in [0.2, 0.25) is 0 Å². The third kappa shape index (κ3) is 5.91. The van der Waals surface area contributed by atoms with Crippen molar-refractivity contribution in [3.8, 4) is 11.5 Å². The van der Waals surface area contributed by atoms with Crippen molar-refractivity contribution in [3.63, 3.8) is 0 Å². The van der Waals surface area contributed by atoms with E-state index < -0.39 is 17.7 Å². The second-order valence-corrected chi connectivity index (χ2v) is 7.60. The van der Waals surface area contributed by atoms with Crippen molar-refractivity contribution in [2.45, 2.75) is 78.1 Å². The molecule has 152 valence electrons. The Kier molecular flexibility index (Phi) is 8.52. The fourth-order valence-corrected chi connectivity index (χ4v) is 4.21. The Morgan fingerprint density at radius 1 is 1.15 bits per heavy atom. The van der Waals surface area contributed by atoms with Gasteiger partial charge in [-0.05, 0) is 37.3 Å². The maximum Gasteiger partial charge on any atom is 0.271 e. The van der Waals surface area contributed by atoms with Gasteiger partial charge in [0.05, 0.1) is 12.2 Å². The molecule has 0 spiro atoms. The van der Waals surface area contributed by atoms with Crippen molar-refractivity contribution in [2.24, 2.45) is 11.8 Å². The molecule has 0 aromatic heterocycles. The second kappa shape index (κ2) is 10.6. The molecule has 0 heterocycles. The predicted molar refractivity (Wildman–Crippen MR) is 103 cm³/mol. The molecule has 0 unspecified atom stereocenters. The zero-order valence-electron chi connectivity index (χ0n) is 16.5. The Hall–Kier alpha value is -1.65. The molecule has 1 N–H and O–H groups in total. The summed E-state index contributed by atoms with van der Waals surface area (Å²) in [5.74, 6) is 0.543. The first-order valence-electron chi connectivity index (χ1n) is 10.3. The van der Waals surface area contributed by atoms with Crippen LogP contribution in [0.3, 0.4) is 0 Å². The van der Waals surface area contributed by atoms with Gasteiger partial charge >= 0.3 is 0 Å². The molecule has 1 fully saturated rings. The van der Waals surface area contributed by atoms with E-state index in [-0.39, 0.29) is 30.1 Å². The van der Waals surface area contributed by atoms with Crippen LogP contribution >= 0.6 is 0 Å². The first-order chi connectivity index (χ1) is 13.0. The van der Waals surface area contributed by atoms with E-state index >= 15 is 0 Å². The minimum atomic E-state index is -2.89. The lowest BCUT2D eigenvalue weighted by Crippen LogP contribution is -2.14. The van der Waals surface area contributed by atoms with Crippen molar-refractivity contribution in [3.05, 3.63) is 23.3 Å². The van der Waals surface area contributed by atoms with Gasteiger partial charge in [0.15, 0.2) is 5.78 Å². The average molecular weight is 382 g/mol. The molecule has 0 atom stereocenters. The highest BCUT2D eigenvalue weighted by atomic mass is 19.3. The molecule has 5 heteroatoms. The number of alkyl halides is 2. The molecule has 0 radical (unpaired) electrons. The van der Waals surface area contributed by atoms with E-state index in [9.17, 15) is 18.7 Å². The van der Waals surface area contributed by atoms with Crippen LogP contribution in [-0.2, 0) is 0 Å². The lowest BCUT2D eigenvalue weighted by Gasteiger charge is -2.28. The molecule has 1 aliphatic rings. The lowest BCUT2D eigenvalue weighted by atomic mass is 9.78. The number of ether oxygens (including phenoxy) is 1. The van der Waals surface area contributed by atoms with Crippen LogP contribution < -0.4 is 4.74 Å². The quantitative estimate of drug-likeness (QED) is 0.459. The zero-order chi connectivity index (χ0) is 19.8. The molecule has 3 nitrogen and oxygen atoms in total. The van der Waals surface area contributed by atoms with Crippen LogP contribution in [0.25, 0.3) is 0 Å². The smallest absolute Gasteiger partial charge is 0.271 e. The van der Waals surface area contributed by atoms with Crippen molar-refractivity contribution in [1.29, 1.82) is 0 Å². The van der Waals surface area contributed by atoms with Crippen LogP contribution in [-0.4, -0.2) is 17.5 Å². The summed E-state index contributed by atoms with van der Waals surface area (Å²) in [5, 5.41) is 10.2. The Labute approximate surface area is 161 Å². The lowest BCUT2D eigenvalue weighted by molar-refractivity contribution is 0.0971. The molecular formula is C22H32F2O3. The number of aromatic hydroxyl groups is 1. The molecule has 1 aromatic rings. The largest absolute Gasteiger partial charge is 0.507 e. The number of phenolic OH excluding ortho intramolecular Hbond substituents is 1. The van der Waals surface area contributed by atoms with Crippen LogP contribution in [0.5, 0.6) is 11.5 Å². The van der Waals surface area contributed by atoms with Crippen LogP contribution in [0.4, 0.5) is 8.78 Å². The van der Waals surface area contributed by atoms with Gasteiger partial charge in [-0.2, -0.15) is 0 Å². The number of rotatable bonds is 10. The fourth-order valence-electron chi connectivity index (χ4n) is 4.21. The molecule has 1 aromatic carbocycles. The van der Waals surface area contributed by atoms with Gasteiger partial charge in [-0.15, -0.1) is 0 Å². The number of hydrogen-bond acceptors (Lipinski definition) is 3. The minimum Gasteiger partial charge on any atom is -0.507 e. The summed E-state index contributed by atoms with van der Waals surface area (Å²) in [6.07, 6.45) is 6.68. The number of phenols is 1. The van der Waals surface area contributed by atoms with Gasteiger partial charge in [0.25, 0.3) is 6.43 Å². The minimum absolute atomic E-state index is 0.0274. The van der Waals surface area contributed by atoms with E-state index in [4.69, 9.17) is 4.74 Å². The maximum atomic E-state index is 13.3. The Balaban J connectivity index is 1.90. The number of benzene rings is 1. The van der Waals surface area contributed by atoms with Crippen LogP contribution in [0.15, 0.2) is 12.1 Å². The molecule has 0 saturated heterocycles. The van der Waals surface area contributed by atoms with E-state index in [0.717, 1.165) is 18.8 Å². The zero-order valence-corrected chi connectivity index (χ0v) is 16.5. The topological polar surface area (TPSA) is 46.5 Å². The molecule has 1 saturated carbocycles. The van der Waals surface area contributed by atoms with Gasteiger partial charge in [-0.3, -0.25) is 4.79 Å². The second-order valence-electron chi connectivity index (χ2n) is 7.60. The number of carbonyl (C=O) groups is 1. The first kappa shape index (κ1) is 21.6. The van der Waals surface area contributed by atoms with E-state index in [1.54, 1.807) is 6.92 Å². The summed E-state index contributed by atoms with van der Waals surface area (Å²) in [6, 6.07) is 2.75. The molecule has 0 aliphatic heterocycles. The first-order valence-corrected chi connectivity index (χ1v) is 10.3. The van der Waals surface area contributed by atoms with E-state index in [2.05, 4.69) is 6.92 Å². The molecule has 0 amide bonds. The third-order valence-corrected chi connectivity index (χ3v) is 5.67. The van der Waals surface area contributed by atoms with Crippen LogP contribution in [0.1, 0.15) is 94.0 Å². The van der Waals surface area contributed by atoms with Gasteiger partial charge in [-0.25, -0.2) is 8.78 Å². The van der Waals surface area contributed by atoms with Crippen molar-refractivity contribution < 1.29 is 23.4 Å². The average Bonchev–Trinajstić information content (AvgIpc) is 2.63. The third-order valence-electron chi connectivity index (χ3n) is 5.67. The van der Waals surface area contributed by atoms with Gasteiger partial charge in [0.1, 0.15) is 17.1 Å². The molecule has 0 bridgehead atoms. The summed E-state index contributed by atoms with van der Waals surface area (Å²) in [7, 11) is 0. The van der Waals surface area contributed by atoms with Crippen LogP contribution in [0, 0.1) is 11.8 Å². The number of hydrogen-bond donors (Lipinski definition) is 1. The Bertz CT molecular complexity index is 608. The van der Waals surface area contributed by atoms with Gasteiger partial charge in [0.2, 0.25) is 0 Å². The normalized spacial score (nSPS) is 20.0. The van der Waals surface area contributed by atoms with Crippen molar-refractivity contribution >= 4 is 5.78 Å². The summed E-state index contributed by atoms with van der Waals surface area (Å²) >= 11 is 0. The highest BCUT2D eigenvalue weighted by Crippen LogP contribution is 2.39. The maximum absolute atomic E-state index is 13.3. The summed E-state index contributed by atoms with van der Waals surface area (Å²) < 4.78 is 31.7. The van der Waals surface area contributed by atoms with Crippen molar-refractivity contribution in [1.82, 2.24) is 0 Å². The summed E-state index contributed by atoms with van der Waals surface area (Å²) in [4.78, 5) is 12.4.